The molecule has 1 aromatic carbocycles. The molecule has 3 atom stereocenters. The lowest BCUT2D eigenvalue weighted by Crippen LogP contribution is -2.36. The number of fused-ring (bicyclic) bond motifs is 3. The average molecular weight is 346 g/mol. The molecule has 6 nitrogen and oxygen atoms in total. The highest BCUT2D eigenvalue weighted by Gasteiger charge is 2.47. The van der Waals surface area contributed by atoms with Crippen molar-refractivity contribution in [3.05, 3.63) is 47.1 Å². The zero-order valence-electron chi connectivity index (χ0n) is 13.8. The molecule has 4 rings (SSSR count). The third kappa shape index (κ3) is 2.78. The molecule has 1 N–H and O–H groups in total. The summed E-state index contributed by atoms with van der Waals surface area (Å²) in [6.45, 7) is 2.57. The fourth-order valence-corrected chi connectivity index (χ4v) is 3.88. The number of hydrogen-bond acceptors (Lipinski definition) is 5. The lowest BCUT2D eigenvalue weighted by atomic mass is 9.85. The van der Waals surface area contributed by atoms with Crippen molar-refractivity contribution in [2.24, 2.45) is 11.8 Å². The third-order valence-electron chi connectivity index (χ3n) is 5.06. The molecule has 3 heterocycles. The first-order valence-electron chi connectivity index (χ1n) is 8.31. The summed E-state index contributed by atoms with van der Waals surface area (Å²) in [7, 11) is 0. The van der Waals surface area contributed by atoms with Gasteiger partial charge in [-0.25, -0.2) is 4.39 Å². The quantitative estimate of drug-likeness (QED) is 0.918. The van der Waals surface area contributed by atoms with Gasteiger partial charge >= 0.3 is 0 Å². The highest BCUT2D eigenvalue weighted by molar-refractivity contribution is 5.79. The van der Waals surface area contributed by atoms with E-state index in [-0.39, 0.29) is 42.6 Å². The molecule has 2 aliphatic heterocycles. The molecule has 0 unspecified atom stereocenters. The third-order valence-corrected chi connectivity index (χ3v) is 5.06. The van der Waals surface area contributed by atoms with Gasteiger partial charge in [0.1, 0.15) is 17.3 Å². The Bertz CT molecular complexity index is 806. The molecular formula is C18H19FN2O4. The van der Waals surface area contributed by atoms with Crippen LogP contribution in [0.1, 0.15) is 23.1 Å². The summed E-state index contributed by atoms with van der Waals surface area (Å²) < 4.78 is 24.6. The van der Waals surface area contributed by atoms with Gasteiger partial charge in [0.25, 0.3) is 0 Å². The lowest BCUT2D eigenvalue weighted by Gasteiger charge is -2.34. The number of carbonyl (C=O) groups excluding carboxylic acids is 1. The molecule has 1 fully saturated rings. The van der Waals surface area contributed by atoms with Gasteiger partial charge in [-0.1, -0.05) is 5.16 Å². The van der Waals surface area contributed by atoms with Crippen LogP contribution >= 0.6 is 0 Å². The molecule has 2 aliphatic rings. The van der Waals surface area contributed by atoms with Crippen molar-refractivity contribution in [3.8, 4) is 5.75 Å². The van der Waals surface area contributed by atoms with Crippen molar-refractivity contribution in [3.63, 3.8) is 0 Å². The van der Waals surface area contributed by atoms with Crippen molar-refractivity contribution in [2.75, 3.05) is 19.8 Å². The van der Waals surface area contributed by atoms with E-state index < -0.39 is 0 Å². The number of nitrogens with zero attached hydrogens (tertiary/aromatic N) is 2. The van der Waals surface area contributed by atoms with Crippen LogP contribution in [0.25, 0.3) is 0 Å². The minimum atomic E-state index is -0.367. The van der Waals surface area contributed by atoms with Crippen LogP contribution in [0.3, 0.4) is 0 Å². The summed E-state index contributed by atoms with van der Waals surface area (Å²) in [6, 6.07) is 5.79. The molecule has 1 amide bonds. The minimum Gasteiger partial charge on any atom is -0.493 e. The van der Waals surface area contributed by atoms with Gasteiger partial charge in [0.2, 0.25) is 5.91 Å². The summed E-state index contributed by atoms with van der Waals surface area (Å²) >= 11 is 0. The zero-order valence-corrected chi connectivity index (χ0v) is 13.8. The topological polar surface area (TPSA) is 75.8 Å². The normalized spacial score (nSPS) is 24.6. The van der Waals surface area contributed by atoms with E-state index in [1.165, 1.54) is 12.1 Å². The van der Waals surface area contributed by atoms with E-state index in [0.717, 1.165) is 0 Å². The molecule has 2 aromatic rings. The van der Waals surface area contributed by atoms with Crippen molar-refractivity contribution in [1.29, 1.82) is 0 Å². The minimum absolute atomic E-state index is 0.0413. The second-order valence-electron chi connectivity index (χ2n) is 6.70. The smallest absolute Gasteiger partial charge is 0.230 e. The summed E-state index contributed by atoms with van der Waals surface area (Å²) in [6.07, 6.45) is 0.0910. The van der Waals surface area contributed by atoms with Crippen LogP contribution in [-0.4, -0.2) is 40.8 Å². The summed E-state index contributed by atoms with van der Waals surface area (Å²) in [5.74, 6) is 0.446. The van der Waals surface area contributed by atoms with E-state index in [4.69, 9.17) is 9.26 Å². The van der Waals surface area contributed by atoms with Gasteiger partial charge in [0, 0.05) is 36.6 Å². The van der Waals surface area contributed by atoms with E-state index >= 15 is 0 Å². The van der Waals surface area contributed by atoms with E-state index in [1.54, 1.807) is 24.0 Å². The van der Waals surface area contributed by atoms with Gasteiger partial charge in [0.05, 0.1) is 24.8 Å². The average Bonchev–Trinajstić information content (AvgIpc) is 3.18. The Balaban J connectivity index is 1.66. The number of ether oxygens (including phenoxy) is 1. The van der Waals surface area contributed by atoms with Crippen molar-refractivity contribution >= 4 is 5.91 Å². The Morgan fingerprint density at radius 1 is 1.44 bits per heavy atom. The number of hydrogen-bond donors (Lipinski definition) is 1. The first-order valence-corrected chi connectivity index (χ1v) is 8.31. The molecule has 1 saturated heterocycles. The SMILES string of the molecule is Cc1cc(CC(=O)N2C[C@@H](CO)[C@@H]3COc4ccc(F)cc4[C@@H]32)on1. The molecule has 0 aliphatic carbocycles. The van der Waals surface area contributed by atoms with Crippen LogP contribution in [0.5, 0.6) is 5.75 Å². The number of aromatic nitrogens is 1. The Hall–Kier alpha value is -2.41. The molecule has 0 saturated carbocycles. The van der Waals surface area contributed by atoms with Gasteiger partial charge < -0.3 is 19.3 Å². The molecule has 0 spiro atoms. The molecule has 0 radical (unpaired) electrons. The maximum Gasteiger partial charge on any atom is 0.230 e. The number of amides is 1. The molecule has 7 heteroatoms. The number of aryl methyl sites for hydroxylation is 1. The first-order chi connectivity index (χ1) is 12.1. The fraction of sp³-hybridized carbons (Fsp3) is 0.444. The number of halogens is 1. The molecule has 132 valence electrons. The second kappa shape index (κ2) is 6.15. The maximum atomic E-state index is 13.8. The van der Waals surface area contributed by atoms with Crippen LogP contribution < -0.4 is 4.74 Å². The summed E-state index contributed by atoms with van der Waals surface area (Å²) in [5, 5.41) is 13.5. The predicted octanol–water partition coefficient (Wildman–Crippen LogP) is 1.87. The van der Waals surface area contributed by atoms with Gasteiger partial charge in [-0.3, -0.25) is 4.79 Å². The standard InChI is InChI=1S/C18H19FN2O4/c1-10-4-13(25-20-10)6-17(23)21-7-11(8-22)15-9-24-16-3-2-12(19)5-14(16)18(15)21/h2-5,11,15,18,22H,6-9H2,1H3/t11-,15-,18-/m0/s1. The summed E-state index contributed by atoms with van der Waals surface area (Å²) in [4.78, 5) is 14.6. The number of likely N-dealkylation sites (tertiary alicyclic amines) is 1. The van der Waals surface area contributed by atoms with Gasteiger partial charge in [-0.15, -0.1) is 0 Å². The molecular weight excluding hydrogens is 327 g/mol. The largest absolute Gasteiger partial charge is 0.493 e. The zero-order chi connectivity index (χ0) is 17.6. The molecule has 1 aromatic heterocycles. The Labute approximate surface area is 144 Å². The Morgan fingerprint density at radius 2 is 2.28 bits per heavy atom. The fourth-order valence-electron chi connectivity index (χ4n) is 3.88. The van der Waals surface area contributed by atoms with Crippen molar-refractivity contribution < 1.29 is 23.6 Å². The van der Waals surface area contributed by atoms with Gasteiger partial charge in [-0.05, 0) is 25.1 Å². The molecule has 0 bridgehead atoms. The lowest BCUT2D eigenvalue weighted by molar-refractivity contribution is -0.132. The number of rotatable bonds is 3. The van der Waals surface area contributed by atoms with Crippen LogP contribution in [0.4, 0.5) is 4.39 Å². The first kappa shape index (κ1) is 16.1. The van der Waals surface area contributed by atoms with E-state index in [9.17, 15) is 14.3 Å². The second-order valence-corrected chi connectivity index (χ2v) is 6.70. The maximum absolute atomic E-state index is 13.8. The Morgan fingerprint density at radius 3 is 3.00 bits per heavy atom. The van der Waals surface area contributed by atoms with E-state index in [2.05, 4.69) is 5.16 Å². The highest BCUT2D eigenvalue weighted by Crippen LogP contribution is 2.47. The van der Waals surface area contributed by atoms with E-state index in [1.807, 2.05) is 0 Å². The Kier molecular flexibility index (Phi) is 3.95. The number of aliphatic hydroxyl groups is 1. The van der Waals surface area contributed by atoms with Crippen LogP contribution in [0, 0.1) is 24.6 Å². The van der Waals surface area contributed by atoms with Crippen LogP contribution in [0.2, 0.25) is 0 Å². The van der Waals surface area contributed by atoms with E-state index in [0.29, 0.717) is 35.9 Å². The number of aliphatic hydroxyl groups excluding tert-OH is 1. The number of carbonyl (C=O) groups is 1. The van der Waals surface area contributed by atoms with Gasteiger partial charge in [0.15, 0.2) is 0 Å². The van der Waals surface area contributed by atoms with Crippen LogP contribution in [-0.2, 0) is 11.2 Å². The van der Waals surface area contributed by atoms with Crippen molar-refractivity contribution in [1.82, 2.24) is 10.1 Å². The summed E-state index contributed by atoms with van der Waals surface area (Å²) in [5.41, 5.74) is 1.38. The highest BCUT2D eigenvalue weighted by atomic mass is 19.1. The monoisotopic (exact) mass is 346 g/mol. The number of benzene rings is 1. The van der Waals surface area contributed by atoms with Crippen molar-refractivity contribution in [2.45, 2.75) is 19.4 Å². The van der Waals surface area contributed by atoms with Crippen LogP contribution in [0.15, 0.2) is 28.8 Å². The molecule has 25 heavy (non-hydrogen) atoms. The predicted molar refractivity (Wildman–Crippen MR) is 85.4 cm³/mol. The van der Waals surface area contributed by atoms with Gasteiger partial charge in [-0.2, -0.15) is 0 Å².